The maximum atomic E-state index is 13.7. The average molecular weight is 278 g/mol. The van der Waals surface area contributed by atoms with Gasteiger partial charge < -0.3 is 10.2 Å². The first-order chi connectivity index (χ1) is 9.44. The number of halogens is 1. The lowest BCUT2D eigenvalue weighted by atomic mass is 9.85. The largest absolute Gasteiger partial charge is 0.316 e. The third-order valence-corrected chi connectivity index (χ3v) is 4.73. The van der Waals surface area contributed by atoms with E-state index >= 15 is 0 Å². The van der Waals surface area contributed by atoms with Crippen LogP contribution in [0.15, 0.2) is 24.3 Å². The number of nitrogens with zero attached hydrogens (tertiary/aromatic N) is 1. The normalized spacial score (nSPS) is 25.3. The Morgan fingerprint density at radius 3 is 2.70 bits per heavy atom. The molecular formula is C17H27FN2. The molecule has 0 aliphatic heterocycles. The smallest absolute Gasteiger partial charge is 0.127 e. The standard InChI is InChI=1S/C17H27FN2/c1-17(2)10-9-14(16(17)19-3)12-20(4)11-13-7-5-6-8-15(13)18/h5-8,14,16,19H,9-12H2,1-4H3. The molecule has 1 aliphatic carbocycles. The van der Waals surface area contributed by atoms with E-state index in [2.05, 4.69) is 38.2 Å². The maximum Gasteiger partial charge on any atom is 0.127 e. The second-order valence-electron chi connectivity index (χ2n) is 6.84. The third kappa shape index (κ3) is 3.39. The Bertz CT molecular complexity index is 444. The van der Waals surface area contributed by atoms with Crippen LogP contribution in [0.2, 0.25) is 0 Å². The van der Waals surface area contributed by atoms with Crippen LogP contribution in [0.5, 0.6) is 0 Å². The van der Waals surface area contributed by atoms with Crippen molar-refractivity contribution in [2.45, 2.75) is 39.3 Å². The van der Waals surface area contributed by atoms with Crippen molar-refractivity contribution in [3.63, 3.8) is 0 Å². The molecule has 0 bridgehead atoms. The monoisotopic (exact) mass is 278 g/mol. The summed E-state index contributed by atoms with van der Waals surface area (Å²) in [5.74, 6) is 0.544. The van der Waals surface area contributed by atoms with Crippen LogP contribution in [0.4, 0.5) is 4.39 Å². The lowest BCUT2D eigenvalue weighted by Gasteiger charge is -2.32. The fourth-order valence-corrected chi connectivity index (χ4v) is 3.72. The van der Waals surface area contributed by atoms with Crippen molar-refractivity contribution in [1.29, 1.82) is 0 Å². The van der Waals surface area contributed by atoms with Gasteiger partial charge in [0.15, 0.2) is 0 Å². The molecule has 1 aromatic carbocycles. The van der Waals surface area contributed by atoms with Crippen LogP contribution in [0.25, 0.3) is 0 Å². The zero-order valence-electron chi connectivity index (χ0n) is 13.1. The fourth-order valence-electron chi connectivity index (χ4n) is 3.72. The predicted octanol–water partition coefficient (Wildman–Crippen LogP) is 3.28. The second-order valence-corrected chi connectivity index (χ2v) is 6.84. The Morgan fingerprint density at radius 2 is 2.05 bits per heavy atom. The van der Waals surface area contributed by atoms with Gasteiger partial charge in [-0.25, -0.2) is 4.39 Å². The molecule has 1 N–H and O–H groups in total. The minimum absolute atomic E-state index is 0.101. The number of nitrogens with one attached hydrogen (secondary N) is 1. The summed E-state index contributed by atoms with van der Waals surface area (Å²) in [5, 5.41) is 3.48. The average Bonchev–Trinajstić information content (AvgIpc) is 2.66. The summed E-state index contributed by atoms with van der Waals surface area (Å²) in [6, 6.07) is 7.61. The van der Waals surface area contributed by atoms with E-state index < -0.39 is 0 Å². The van der Waals surface area contributed by atoms with Gasteiger partial charge in [-0.05, 0) is 44.3 Å². The minimum Gasteiger partial charge on any atom is -0.316 e. The highest BCUT2D eigenvalue weighted by atomic mass is 19.1. The van der Waals surface area contributed by atoms with E-state index in [1.165, 1.54) is 18.9 Å². The highest BCUT2D eigenvalue weighted by molar-refractivity contribution is 5.17. The van der Waals surface area contributed by atoms with Crippen LogP contribution in [-0.2, 0) is 6.54 Å². The Labute approximate surface area is 122 Å². The molecule has 1 fully saturated rings. The first-order valence-electron chi connectivity index (χ1n) is 7.53. The molecule has 0 radical (unpaired) electrons. The molecule has 0 heterocycles. The molecule has 2 rings (SSSR count). The quantitative estimate of drug-likeness (QED) is 0.889. The van der Waals surface area contributed by atoms with Crippen LogP contribution in [0.3, 0.4) is 0 Å². The summed E-state index contributed by atoms with van der Waals surface area (Å²) in [5.41, 5.74) is 1.14. The molecule has 2 nitrogen and oxygen atoms in total. The van der Waals surface area contributed by atoms with Crippen LogP contribution < -0.4 is 5.32 Å². The van der Waals surface area contributed by atoms with Crippen molar-refractivity contribution >= 4 is 0 Å². The van der Waals surface area contributed by atoms with Gasteiger partial charge in [0.2, 0.25) is 0 Å². The molecule has 0 saturated heterocycles. The van der Waals surface area contributed by atoms with Crippen molar-refractivity contribution in [2.75, 3.05) is 20.6 Å². The molecule has 1 aromatic rings. The van der Waals surface area contributed by atoms with Gasteiger partial charge in [0.1, 0.15) is 5.82 Å². The van der Waals surface area contributed by atoms with Crippen molar-refractivity contribution in [3.05, 3.63) is 35.6 Å². The minimum atomic E-state index is -0.101. The summed E-state index contributed by atoms with van der Waals surface area (Å²) in [4.78, 5) is 2.24. The second kappa shape index (κ2) is 6.23. The molecule has 1 aliphatic rings. The summed E-state index contributed by atoms with van der Waals surface area (Å²) >= 11 is 0. The van der Waals surface area contributed by atoms with Crippen molar-refractivity contribution in [1.82, 2.24) is 10.2 Å². The summed E-state index contributed by atoms with van der Waals surface area (Å²) in [6.45, 7) is 6.37. The van der Waals surface area contributed by atoms with Gasteiger partial charge in [0.25, 0.3) is 0 Å². The van der Waals surface area contributed by atoms with Gasteiger partial charge >= 0.3 is 0 Å². The number of hydrogen-bond donors (Lipinski definition) is 1. The molecule has 1 saturated carbocycles. The molecule has 20 heavy (non-hydrogen) atoms. The number of rotatable bonds is 5. The molecule has 2 unspecified atom stereocenters. The van der Waals surface area contributed by atoms with Crippen molar-refractivity contribution in [3.8, 4) is 0 Å². The molecule has 0 amide bonds. The Balaban J connectivity index is 1.95. The van der Waals surface area contributed by atoms with Crippen molar-refractivity contribution in [2.24, 2.45) is 11.3 Å². The van der Waals surface area contributed by atoms with Gasteiger partial charge in [0.05, 0.1) is 0 Å². The van der Waals surface area contributed by atoms with Crippen LogP contribution >= 0.6 is 0 Å². The van der Waals surface area contributed by atoms with Crippen LogP contribution in [-0.4, -0.2) is 31.6 Å². The topological polar surface area (TPSA) is 15.3 Å². The van der Waals surface area contributed by atoms with Crippen LogP contribution in [0, 0.1) is 17.2 Å². The summed E-state index contributed by atoms with van der Waals surface area (Å²) < 4.78 is 13.7. The first kappa shape index (κ1) is 15.5. The van der Waals surface area contributed by atoms with E-state index in [-0.39, 0.29) is 5.82 Å². The fraction of sp³-hybridized carbons (Fsp3) is 0.647. The van der Waals surface area contributed by atoms with E-state index in [0.29, 0.717) is 23.9 Å². The van der Waals surface area contributed by atoms with E-state index in [0.717, 1.165) is 12.1 Å². The zero-order chi connectivity index (χ0) is 14.8. The molecule has 3 heteroatoms. The molecule has 112 valence electrons. The lowest BCUT2D eigenvalue weighted by molar-refractivity contribution is 0.206. The van der Waals surface area contributed by atoms with Gasteiger partial charge in [-0.3, -0.25) is 0 Å². The van der Waals surface area contributed by atoms with Crippen molar-refractivity contribution < 1.29 is 4.39 Å². The lowest BCUT2D eigenvalue weighted by Crippen LogP contribution is -2.43. The number of hydrogen-bond acceptors (Lipinski definition) is 2. The van der Waals surface area contributed by atoms with Gasteiger partial charge in [0, 0.05) is 24.7 Å². The Morgan fingerprint density at radius 1 is 1.35 bits per heavy atom. The molecule has 2 atom stereocenters. The molecule has 0 aromatic heterocycles. The highest BCUT2D eigenvalue weighted by Crippen LogP contribution is 2.41. The molecular weight excluding hydrogens is 251 g/mol. The van der Waals surface area contributed by atoms with E-state index in [1.54, 1.807) is 6.07 Å². The van der Waals surface area contributed by atoms with Gasteiger partial charge in [-0.15, -0.1) is 0 Å². The third-order valence-electron chi connectivity index (χ3n) is 4.73. The zero-order valence-corrected chi connectivity index (χ0v) is 13.1. The van der Waals surface area contributed by atoms with Crippen LogP contribution in [0.1, 0.15) is 32.3 Å². The van der Waals surface area contributed by atoms with E-state index in [1.807, 2.05) is 12.1 Å². The maximum absolute atomic E-state index is 13.7. The predicted molar refractivity (Wildman–Crippen MR) is 82.1 cm³/mol. The summed E-state index contributed by atoms with van der Waals surface area (Å²) in [7, 11) is 4.14. The Kier molecular flexibility index (Phi) is 4.82. The number of benzene rings is 1. The summed E-state index contributed by atoms with van der Waals surface area (Å²) in [6.07, 6.45) is 2.51. The highest BCUT2D eigenvalue weighted by Gasteiger charge is 2.40. The Hall–Kier alpha value is -0.930. The SMILES string of the molecule is CNC1C(CN(C)Cc2ccccc2F)CCC1(C)C. The van der Waals surface area contributed by atoms with E-state index in [4.69, 9.17) is 0 Å². The van der Waals surface area contributed by atoms with Gasteiger partial charge in [-0.1, -0.05) is 32.0 Å². The molecule has 0 spiro atoms. The van der Waals surface area contributed by atoms with Gasteiger partial charge in [-0.2, -0.15) is 0 Å². The van der Waals surface area contributed by atoms with E-state index in [9.17, 15) is 4.39 Å². The first-order valence-corrected chi connectivity index (χ1v) is 7.53.